The van der Waals surface area contributed by atoms with Gasteiger partial charge in [-0.3, -0.25) is 4.57 Å². The first kappa shape index (κ1) is 12.7. The molecule has 18 heavy (non-hydrogen) atoms. The zero-order chi connectivity index (χ0) is 13.3. The molecule has 0 fully saturated rings. The van der Waals surface area contributed by atoms with Gasteiger partial charge in [-0.05, 0) is 12.1 Å². The Hall–Kier alpha value is -1.76. The summed E-state index contributed by atoms with van der Waals surface area (Å²) in [7, 11) is -3.12. The maximum atomic E-state index is 11.6. The summed E-state index contributed by atoms with van der Waals surface area (Å²) < 4.78 is 29.2. The Morgan fingerprint density at radius 1 is 1.39 bits per heavy atom. The third-order valence-electron chi connectivity index (χ3n) is 2.76. The predicted molar refractivity (Wildman–Crippen MR) is 69.2 cm³/mol. The fourth-order valence-electron chi connectivity index (χ4n) is 1.67. The summed E-state index contributed by atoms with van der Waals surface area (Å²) in [6, 6.07) is 4.83. The number of oxazole rings is 1. The molecular weight excluding hydrogens is 256 g/mol. The molecule has 0 bridgehead atoms. The summed E-state index contributed by atoms with van der Waals surface area (Å²) in [5, 5.41) is 0. The molecule has 0 aliphatic heterocycles. The Kier molecular flexibility index (Phi) is 3.16. The van der Waals surface area contributed by atoms with E-state index in [1.54, 1.807) is 25.1 Å². The lowest BCUT2D eigenvalue weighted by molar-refractivity contribution is 0.511. The number of hydrogen-bond acceptors (Lipinski definition) is 5. The third-order valence-corrected chi connectivity index (χ3v) is 4.44. The van der Waals surface area contributed by atoms with E-state index in [4.69, 9.17) is 10.2 Å². The molecule has 0 amide bonds. The number of fused-ring (bicyclic) bond motifs is 1. The van der Waals surface area contributed by atoms with Crippen LogP contribution in [0.25, 0.3) is 11.1 Å². The Bertz CT molecular complexity index is 727. The molecule has 0 aliphatic rings. The maximum absolute atomic E-state index is 11.6. The fraction of sp³-hybridized carbons (Fsp3) is 0.364. The van der Waals surface area contributed by atoms with E-state index in [2.05, 4.69) is 0 Å². The van der Waals surface area contributed by atoms with Crippen molar-refractivity contribution in [3.63, 3.8) is 0 Å². The van der Waals surface area contributed by atoms with Crippen molar-refractivity contribution in [3.05, 3.63) is 28.7 Å². The number of aryl methyl sites for hydroxylation is 1. The molecule has 2 N–H and O–H groups in total. The number of nitrogens with zero attached hydrogens (tertiary/aromatic N) is 1. The van der Waals surface area contributed by atoms with Crippen molar-refractivity contribution in [3.8, 4) is 0 Å². The van der Waals surface area contributed by atoms with Crippen LogP contribution in [0.1, 0.15) is 6.92 Å². The van der Waals surface area contributed by atoms with Crippen molar-refractivity contribution in [1.82, 2.24) is 4.57 Å². The van der Waals surface area contributed by atoms with Gasteiger partial charge in [-0.1, -0.05) is 6.92 Å². The number of nitrogen functional groups attached to an aromatic ring is 1. The first-order valence-electron chi connectivity index (χ1n) is 5.52. The molecule has 0 atom stereocenters. The minimum Gasteiger partial charge on any atom is -0.408 e. The smallest absolute Gasteiger partial charge is 0.408 e. The van der Waals surface area contributed by atoms with Crippen molar-refractivity contribution >= 4 is 26.6 Å². The van der Waals surface area contributed by atoms with Gasteiger partial charge in [0.2, 0.25) is 0 Å². The summed E-state index contributed by atoms with van der Waals surface area (Å²) in [6.45, 7) is 1.66. The second-order valence-electron chi connectivity index (χ2n) is 3.98. The van der Waals surface area contributed by atoms with E-state index in [-0.39, 0.29) is 18.1 Å². The molecule has 7 heteroatoms. The van der Waals surface area contributed by atoms with Gasteiger partial charge < -0.3 is 10.2 Å². The molecule has 0 saturated heterocycles. The molecule has 1 aromatic carbocycles. The van der Waals surface area contributed by atoms with Crippen molar-refractivity contribution in [1.29, 1.82) is 0 Å². The zero-order valence-electron chi connectivity index (χ0n) is 9.92. The van der Waals surface area contributed by atoms with Gasteiger partial charge in [0.05, 0.1) is 11.3 Å². The molecule has 6 nitrogen and oxygen atoms in total. The topological polar surface area (TPSA) is 95.3 Å². The van der Waals surface area contributed by atoms with Crippen LogP contribution in [0, 0.1) is 0 Å². The molecule has 0 unspecified atom stereocenters. The van der Waals surface area contributed by atoms with Crippen LogP contribution in [-0.4, -0.2) is 24.5 Å². The van der Waals surface area contributed by atoms with E-state index in [0.29, 0.717) is 16.8 Å². The van der Waals surface area contributed by atoms with Crippen molar-refractivity contribution in [2.24, 2.45) is 0 Å². The summed E-state index contributed by atoms with van der Waals surface area (Å²) >= 11 is 0. The summed E-state index contributed by atoms with van der Waals surface area (Å²) in [4.78, 5) is 11.6. The van der Waals surface area contributed by atoms with Crippen molar-refractivity contribution < 1.29 is 12.8 Å². The average molecular weight is 270 g/mol. The van der Waals surface area contributed by atoms with Crippen LogP contribution >= 0.6 is 0 Å². The van der Waals surface area contributed by atoms with Gasteiger partial charge in [0.15, 0.2) is 15.4 Å². The van der Waals surface area contributed by atoms with Crippen molar-refractivity contribution in [2.45, 2.75) is 13.5 Å². The van der Waals surface area contributed by atoms with E-state index in [9.17, 15) is 13.2 Å². The average Bonchev–Trinajstić information content (AvgIpc) is 2.61. The van der Waals surface area contributed by atoms with Crippen LogP contribution < -0.4 is 11.5 Å². The lowest BCUT2D eigenvalue weighted by Crippen LogP contribution is -2.21. The van der Waals surface area contributed by atoms with Gasteiger partial charge >= 0.3 is 5.76 Å². The second-order valence-corrected chi connectivity index (χ2v) is 6.46. The molecule has 1 aromatic heterocycles. The summed E-state index contributed by atoms with van der Waals surface area (Å²) in [5.41, 5.74) is 7.00. The van der Waals surface area contributed by atoms with Crippen molar-refractivity contribution in [2.75, 3.05) is 17.2 Å². The van der Waals surface area contributed by atoms with E-state index in [1.165, 1.54) is 4.57 Å². The Morgan fingerprint density at radius 3 is 2.78 bits per heavy atom. The molecular formula is C11H14N2O4S. The lowest BCUT2D eigenvalue weighted by Gasteiger charge is -2.02. The fourth-order valence-corrected chi connectivity index (χ4v) is 2.42. The van der Waals surface area contributed by atoms with Gasteiger partial charge in [0.1, 0.15) is 0 Å². The van der Waals surface area contributed by atoms with E-state index in [0.717, 1.165) is 0 Å². The number of benzene rings is 1. The van der Waals surface area contributed by atoms with Gasteiger partial charge in [-0.2, -0.15) is 0 Å². The third kappa shape index (κ3) is 2.40. The molecule has 0 radical (unpaired) electrons. The van der Waals surface area contributed by atoms with Crippen LogP contribution in [0.5, 0.6) is 0 Å². The summed E-state index contributed by atoms with van der Waals surface area (Å²) in [6.07, 6.45) is 0. The molecule has 0 spiro atoms. The predicted octanol–water partition coefficient (Wildman–Crippen LogP) is 0.611. The lowest BCUT2D eigenvalue weighted by atomic mass is 10.3. The number of sulfone groups is 1. The van der Waals surface area contributed by atoms with Crippen LogP contribution in [-0.2, 0) is 16.4 Å². The van der Waals surface area contributed by atoms with Crippen LogP contribution in [0.2, 0.25) is 0 Å². The number of hydrogen-bond donors (Lipinski definition) is 1. The highest BCUT2D eigenvalue weighted by Gasteiger charge is 2.13. The normalized spacial score (nSPS) is 12.1. The minimum atomic E-state index is -3.12. The van der Waals surface area contributed by atoms with E-state index in [1.807, 2.05) is 0 Å². The first-order chi connectivity index (χ1) is 8.43. The van der Waals surface area contributed by atoms with Crippen LogP contribution in [0.4, 0.5) is 5.69 Å². The van der Waals surface area contributed by atoms with Gasteiger partial charge in [0, 0.05) is 24.1 Å². The Labute approximate surface area is 104 Å². The van der Waals surface area contributed by atoms with E-state index >= 15 is 0 Å². The quantitative estimate of drug-likeness (QED) is 0.821. The second kappa shape index (κ2) is 4.49. The Morgan fingerprint density at radius 2 is 2.11 bits per heavy atom. The highest BCUT2D eigenvalue weighted by molar-refractivity contribution is 7.91. The molecule has 1 heterocycles. The van der Waals surface area contributed by atoms with Crippen LogP contribution in [0.3, 0.4) is 0 Å². The highest BCUT2D eigenvalue weighted by atomic mass is 32.2. The standard InChI is InChI=1S/C11H14N2O4S/c1-2-18(15,16)6-5-13-9-4-3-8(12)7-10(9)17-11(13)14/h3-4,7H,2,5-6,12H2,1H3. The highest BCUT2D eigenvalue weighted by Crippen LogP contribution is 2.16. The number of rotatable bonds is 4. The van der Waals surface area contributed by atoms with Gasteiger partial charge in [-0.15, -0.1) is 0 Å². The monoisotopic (exact) mass is 270 g/mol. The minimum absolute atomic E-state index is 0.0600. The largest absolute Gasteiger partial charge is 0.419 e. The van der Waals surface area contributed by atoms with Gasteiger partial charge in [0.25, 0.3) is 0 Å². The van der Waals surface area contributed by atoms with Crippen LogP contribution in [0.15, 0.2) is 27.4 Å². The molecule has 2 aromatic rings. The molecule has 2 rings (SSSR count). The first-order valence-corrected chi connectivity index (χ1v) is 7.34. The molecule has 0 saturated carbocycles. The number of nitrogens with two attached hydrogens (primary N) is 1. The Balaban J connectivity index is 2.40. The maximum Gasteiger partial charge on any atom is 0.419 e. The number of anilines is 1. The van der Waals surface area contributed by atoms with E-state index < -0.39 is 15.6 Å². The number of aromatic nitrogens is 1. The molecule has 98 valence electrons. The molecule has 0 aliphatic carbocycles. The SMILES string of the molecule is CCS(=O)(=O)CCn1c(=O)oc2cc(N)ccc21. The summed E-state index contributed by atoms with van der Waals surface area (Å²) in [5.74, 6) is -0.589. The van der Waals surface area contributed by atoms with Gasteiger partial charge in [-0.25, -0.2) is 13.2 Å². The zero-order valence-corrected chi connectivity index (χ0v) is 10.7.